The highest BCUT2D eigenvalue weighted by molar-refractivity contribution is 6.05. The number of aromatic nitrogens is 4. The maximum atomic E-state index is 12.7. The lowest BCUT2D eigenvalue weighted by atomic mass is 10.1. The summed E-state index contributed by atoms with van der Waals surface area (Å²) in [6, 6.07) is 12.9. The van der Waals surface area contributed by atoms with Gasteiger partial charge in [0, 0.05) is 17.3 Å². The van der Waals surface area contributed by atoms with Crippen LogP contribution in [-0.2, 0) is 6.54 Å². The number of carbonyl (C=O) groups excluding carboxylic acids is 1. The molecule has 2 aromatic heterocycles. The zero-order chi connectivity index (χ0) is 23.5. The number of nitrogen functional groups attached to an aromatic ring is 1. The van der Waals surface area contributed by atoms with Crippen molar-refractivity contribution in [3.05, 3.63) is 65.2 Å². The fourth-order valence-corrected chi connectivity index (χ4v) is 3.24. The van der Waals surface area contributed by atoms with E-state index >= 15 is 0 Å². The zero-order valence-corrected chi connectivity index (χ0v) is 18.7. The number of rotatable bonds is 7. The van der Waals surface area contributed by atoms with Gasteiger partial charge in [-0.15, -0.1) is 5.10 Å². The number of nitrogens with zero attached hydrogens (tertiary/aromatic N) is 4. The number of hydrogen-bond acceptors (Lipinski definition) is 8. The number of amides is 1. The number of benzene rings is 2. The SMILES string of the molecule is COc1ccc(NC(=O)c2nnn(Cc3nc(-c4ccc(C)cc4)oc3C)c2N)cc1OC. The molecular weight excluding hydrogens is 424 g/mol. The van der Waals surface area contributed by atoms with E-state index in [0.29, 0.717) is 34.5 Å². The van der Waals surface area contributed by atoms with Crippen molar-refractivity contribution in [3.63, 3.8) is 0 Å². The average Bonchev–Trinajstić information content (AvgIpc) is 3.36. The minimum Gasteiger partial charge on any atom is -0.493 e. The van der Waals surface area contributed by atoms with Crippen molar-refractivity contribution in [1.82, 2.24) is 20.0 Å². The van der Waals surface area contributed by atoms with Gasteiger partial charge in [0.2, 0.25) is 5.89 Å². The van der Waals surface area contributed by atoms with E-state index < -0.39 is 5.91 Å². The Morgan fingerprint density at radius 1 is 1.09 bits per heavy atom. The highest BCUT2D eigenvalue weighted by Crippen LogP contribution is 2.30. The van der Waals surface area contributed by atoms with Gasteiger partial charge >= 0.3 is 0 Å². The van der Waals surface area contributed by atoms with Crippen molar-refractivity contribution in [2.45, 2.75) is 20.4 Å². The first kappa shape index (κ1) is 21.9. The maximum absolute atomic E-state index is 12.7. The van der Waals surface area contributed by atoms with Gasteiger partial charge in [0.25, 0.3) is 5.91 Å². The summed E-state index contributed by atoms with van der Waals surface area (Å²) in [5.74, 6) is 1.80. The molecule has 0 saturated carbocycles. The molecule has 0 spiro atoms. The molecule has 0 unspecified atom stereocenters. The van der Waals surface area contributed by atoms with E-state index in [1.165, 1.54) is 18.9 Å². The van der Waals surface area contributed by atoms with E-state index in [0.717, 1.165) is 11.1 Å². The molecule has 2 heterocycles. The summed E-state index contributed by atoms with van der Waals surface area (Å²) in [5.41, 5.74) is 9.34. The first-order valence-corrected chi connectivity index (χ1v) is 10.1. The number of hydrogen-bond donors (Lipinski definition) is 2. The van der Waals surface area contributed by atoms with Crippen LogP contribution in [0.4, 0.5) is 11.5 Å². The van der Waals surface area contributed by atoms with Gasteiger partial charge in [-0.25, -0.2) is 9.67 Å². The van der Waals surface area contributed by atoms with Crippen molar-refractivity contribution in [3.8, 4) is 23.0 Å². The lowest BCUT2D eigenvalue weighted by Crippen LogP contribution is -2.15. The summed E-state index contributed by atoms with van der Waals surface area (Å²) in [6.45, 7) is 4.05. The van der Waals surface area contributed by atoms with Crippen molar-refractivity contribution >= 4 is 17.4 Å². The van der Waals surface area contributed by atoms with Crippen LogP contribution >= 0.6 is 0 Å². The van der Waals surface area contributed by atoms with Crippen molar-refractivity contribution < 1.29 is 18.7 Å². The maximum Gasteiger partial charge on any atom is 0.280 e. The number of nitrogens with one attached hydrogen (secondary N) is 1. The highest BCUT2D eigenvalue weighted by Gasteiger charge is 2.20. The lowest BCUT2D eigenvalue weighted by Gasteiger charge is -2.10. The van der Waals surface area contributed by atoms with E-state index in [4.69, 9.17) is 19.6 Å². The first-order valence-electron chi connectivity index (χ1n) is 10.1. The standard InChI is InChI=1S/C23H24N6O4/c1-13-5-7-15(8-6-13)23-26-17(14(2)33-23)12-29-21(24)20(27-28-29)22(30)25-16-9-10-18(31-3)19(11-16)32-4/h5-11H,12,24H2,1-4H3,(H,25,30). The van der Waals surface area contributed by atoms with E-state index in [1.807, 2.05) is 38.1 Å². The Morgan fingerprint density at radius 2 is 1.82 bits per heavy atom. The molecule has 0 aliphatic heterocycles. The molecule has 0 saturated heterocycles. The largest absolute Gasteiger partial charge is 0.493 e. The molecule has 3 N–H and O–H groups in total. The van der Waals surface area contributed by atoms with Crippen LogP contribution in [0.25, 0.3) is 11.5 Å². The Balaban J connectivity index is 1.51. The molecule has 0 aliphatic rings. The molecule has 10 heteroatoms. The lowest BCUT2D eigenvalue weighted by molar-refractivity contribution is 0.102. The summed E-state index contributed by atoms with van der Waals surface area (Å²) in [6.07, 6.45) is 0. The predicted octanol–water partition coefficient (Wildman–Crippen LogP) is 3.45. The number of ether oxygens (including phenoxy) is 2. The van der Waals surface area contributed by atoms with Crippen molar-refractivity contribution in [1.29, 1.82) is 0 Å². The molecular formula is C23H24N6O4. The molecule has 4 rings (SSSR count). The van der Waals surface area contributed by atoms with Gasteiger partial charge in [-0.2, -0.15) is 0 Å². The van der Waals surface area contributed by atoms with Gasteiger partial charge in [0.15, 0.2) is 23.0 Å². The van der Waals surface area contributed by atoms with Gasteiger partial charge in [0.1, 0.15) is 11.5 Å². The van der Waals surface area contributed by atoms with Crippen LogP contribution in [-0.4, -0.2) is 40.1 Å². The van der Waals surface area contributed by atoms with Crippen LogP contribution in [0, 0.1) is 13.8 Å². The van der Waals surface area contributed by atoms with E-state index in [1.54, 1.807) is 18.2 Å². The second-order valence-corrected chi connectivity index (χ2v) is 7.39. The van der Waals surface area contributed by atoms with Crippen LogP contribution in [0.2, 0.25) is 0 Å². The Labute approximate surface area is 190 Å². The number of methoxy groups -OCH3 is 2. The van der Waals surface area contributed by atoms with E-state index in [2.05, 4.69) is 20.6 Å². The Bertz CT molecular complexity index is 1290. The molecule has 170 valence electrons. The number of oxazole rings is 1. The summed E-state index contributed by atoms with van der Waals surface area (Å²) in [7, 11) is 3.05. The molecule has 4 aromatic rings. The van der Waals surface area contributed by atoms with Crippen LogP contribution in [0.5, 0.6) is 11.5 Å². The normalized spacial score (nSPS) is 10.8. The van der Waals surface area contributed by atoms with Crippen LogP contribution in [0.1, 0.15) is 27.5 Å². The first-order chi connectivity index (χ1) is 15.9. The third-order valence-electron chi connectivity index (χ3n) is 5.12. The summed E-state index contributed by atoms with van der Waals surface area (Å²) in [4.78, 5) is 17.3. The predicted molar refractivity (Wildman–Crippen MR) is 122 cm³/mol. The third-order valence-corrected chi connectivity index (χ3v) is 5.12. The number of anilines is 2. The minimum atomic E-state index is -0.497. The smallest absolute Gasteiger partial charge is 0.280 e. The number of carbonyl (C=O) groups is 1. The fraction of sp³-hybridized carbons (Fsp3) is 0.217. The van der Waals surface area contributed by atoms with E-state index in [-0.39, 0.29) is 18.1 Å². The molecule has 10 nitrogen and oxygen atoms in total. The number of nitrogens with two attached hydrogens (primary N) is 1. The summed E-state index contributed by atoms with van der Waals surface area (Å²) >= 11 is 0. The van der Waals surface area contributed by atoms with Gasteiger partial charge < -0.3 is 24.9 Å². The quantitative estimate of drug-likeness (QED) is 0.440. The fourth-order valence-electron chi connectivity index (χ4n) is 3.24. The number of aryl methyl sites for hydroxylation is 2. The van der Waals surface area contributed by atoms with Crippen molar-refractivity contribution in [2.24, 2.45) is 0 Å². The topological polar surface area (TPSA) is 130 Å². The summed E-state index contributed by atoms with van der Waals surface area (Å²) in [5, 5.41) is 10.7. The van der Waals surface area contributed by atoms with Gasteiger partial charge in [0.05, 0.1) is 20.8 Å². The molecule has 0 aliphatic carbocycles. The molecule has 0 bridgehead atoms. The Morgan fingerprint density at radius 3 is 2.52 bits per heavy atom. The van der Waals surface area contributed by atoms with Crippen LogP contribution < -0.4 is 20.5 Å². The van der Waals surface area contributed by atoms with Crippen LogP contribution in [0.3, 0.4) is 0 Å². The summed E-state index contributed by atoms with van der Waals surface area (Å²) < 4.78 is 17.7. The van der Waals surface area contributed by atoms with Gasteiger partial charge in [-0.05, 0) is 38.1 Å². The Hall–Kier alpha value is -4.34. The highest BCUT2D eigenvalue weighted by atomic mass is 16.5. The molecule has 0 fully saturated rings. The molecule has 0 atom stereocenters. The van der Waals surface area contributed by atoms with Crippen LogP contribution in [0.15, 0.2) is 46.9 Å². The second-order valence-electron chi connectivity index (χ2n) is 7.39. The Kier molecular flexibility index (Phi) is 5.99. The van der Waals surface area contributed by atoms with E-state index in [9.17, 15) is 4.79 Å². The molecule has 2 aromatic carbocycles. The second kappa shape index (κ2) is 9.03. The third kappa shape index (κ3) is 4.49. The monoisotopic (exact) mass is 448 g/mol. The average molecular weight is 448 g/mol. The zero-order valence-electron chi connectivity index (χ0n) is 18.7. The molecule has 0 radical (unpaired) electrons. The van der Waals surface area contributed by atoms with Gasteiger partial charge in [-0.1, -0.05) is 22.9 Å². The molecule has 1 amide bonds. The van der Waals surface area contributed by atoms with Crippen molar-refractivity contribution in [2.75, 3.05) is 25.3 Å². The van der Waals surface area contributed by atoms with Gasteiger partial charge in [-0.3, -0.25) is 4.79 Å². The minimum absolute atomic E-state index is 0.00434. The molecule has 33 heavy (non-hydrogen) atoms.